The molecule has 1 heterocycles. The molecule has 6 heteroatoms. The number of amides is 2. The van der Waals surface area contributed by atoms with Gasteiger partial charge < -0.3 is 15.4 Å². The molecule has 0 radical (unpaired) electrons. The van der Waals surface area contributed by atoms with Gasteiger partial charge in [0.05, 0.1) is 6.54 Å². The smallest absolute Gasteiger partial charge is 0.243 e. The molecule has 1 aliphatic rings. The van der Waals surface area contributed by atoms with Gasteiger partial charge in [-0.05, 0) is 12.1 Å². The summed E-state index contributed by atoms with van der Waals surface area (Å²) in [6.45, 7) is 0.828. The Morgan fingerprint density at radius 3 is 3.00 bits per heavy atom. The maximum atomic E-state index is 11.9. The largest absolute Gasteiger partial charge is 0.492 e. The molecule has 1 aromatic carbocycles. The van der Waals surface area contributed by atoms with E-state index in [1.165, 1.54) is 0 Å². The van der Waals surface area contributed by atoms with Gasteiger partial charge in [0.1, 0.15) is 18.4 Å². The van der Waals surface area contributed by atoms with Crippen molar-refractivity contribution in [1.29, 1.82) is 0 Å². The van der Waals surface area contributed by atoms with E-state index < -0.39 is 6.04 Å². The second kappa shape index (κ2) is 7.79. The van der Waals surface area contributed by atoms with Gasteiger partial charge in [-0.2, -0.15) is 11.8 Å². The minimum absolute atomic E-state index is 0.0596. The predicted octanol–water partition coefficient (Wildman–Crippen LogP) is 0.803. The summed E-state index contributed by atoms with van der Waals surface area (Å²) < 4.78 is 5.48. The second-order valence-corrected chi connectivity index (χ2v) is 5.55. The molecule has 108 valence electrons. The van der Waals surface area contributed by atoms with Gasteiger partial charge in [0.2, 0.25) is 11.8 Å². The van der Waals surface area contributed by atoms with Gasteiger partial charge in [-0.15, -0.1) is 0 Å². The lowest BCUT2D eigenvalue weighted by molar-refractivity contribution is -0.128. The highest BCUT2D eigenvalue weighted by molar-refractivity contribution is 7.99. The van der Waals surface area contributed by atoms with Crippen molar-refractivity contribution in [2.45, 2.75) is 12.5 Å². The average molecular weight is 294 g/mol. The molecule has 1 saturated heterocycles. The van der Waals surface area contributed by atoms with Gasteiger partial charge in [0, 0.05) is 17.9 Å². The van der Waals surface area contributed by atoms with E-state index in [1.54, 1.807) is 11.8 Å². The summed E-state index contributed by atoms with van der Waals surface area (Å²) in [7, 11) is 0. The minimum Gasteiger partial charge on any atom is -0.492 e. The van der Waals surface area contributed by atoms with Gasteiger partial charge in [-0.25, -0.2) is 0 Å². The highest BCUT2D eigenvalue weighted by Gasteiger charge is 2.22. The zero-order valence-corrected chi connectivity index (χ0v) is 11.9. The number of carbonyl (C=O) groups excluding carboxylic acids is 2. The summed E-state index contributed by atoms with van der Waals surface area (Å²) in [4.78, 5) is 23.3. The Morgan fingerprint density at radius 2 is 2.20 bits per heavy atom. The molecule has 1 fully saturated rings. The van der Waals surface area contributed by atoms with Crippen molar-refractivity contribution in [3.8, 4) is 5.75 Å². The molecule has 0 bridgehead atoms. The third-order valence-corrected chi connectivity index (χ3v) is 3.88. The van der Waals surface area contributed by atoms with Crippen LogP contribution in [0, 0.1) is 0 Å². The van der Waals surface area contributed by atoms with Crippen LogP contribution in [0.2, 0.25) is 0 Å². The molecular formula is C14H18N2O3S. The first-order valence-corrected chi connectivity index (χ1v) is 7.74. The number of para-hydroxylation sites is 1. The van der Waals surface area contributed by atoms with E-state index >= 15 is 0 Å². The molecule has 0 aliphatic carbocycles. The Balaban J connectivity index is 1.68. The average Bonchev–Trinajstić information content (AvgIpc) is 2.69. The van der Waals surface area contributed by atoms with Gasteiger partial charge >= 0.3 is 0 Å². The summed E-state index contributed by atoms with van der Waals surface area (Å²) in [5.74, 6) is 1.96. The van der Waals surface area contributed by atoms with Gasteiger partial charge in [-0.3, -0.25) is 9.59 Å². The molecule has 20 heavy (non-hydrogen) atoms. The molecular weight excluding hydrogens is 276 g/mol. The van der Waals surface area contributed by atoms with E-state index in [1.807, 2.05) is 30.3 Å². The van der Waals surface area contributed by atoms with E-state index in [0.29, 0.717) is 25.3 Å². The number of hydrogen-bond donors (Lipinski definition) is 2. The standard InChI is InChI=1S/C14H18N2O3S/c17-13-6-9-20-10-12(16-13)14(18)15-7-8-19-11-4-2-1-3-5-11/h1-5,12H,6-10H2,(H,15,18)(H,16,17). The Hall–Kier alpha value is -1.69. The van der Waals surface area contributed by atoms with Crippen molar-refractivity contribution < 1.29 is 14.3 Å². The molecule has 2 rings (SSSR count). The van der Waals surface area contributed by atoms with Crippen LogP contribution in [0.1, 0.15) is 6.42 Å². The van der Waals surface area contributed by atoms with Crippen LogP contribution in [0.4, 0.5) is 0 Å². The fourth-order valence-electron chi connectivity index (χ4n) is 1.80. The second-order valence-electron chi connectivity index (χ2n) is 4.40. The summed E-state index contributed by atoms with van der Waals surface area (Å²) in [5.41, 5.74) is 0. The molecule has 1 aliphatic heterocycles. The number of rotatable bonds is 5. The lowest BCUT2D eigenvalue weighted by Gasteiger charge is -2.15. The van der Waals surface area contributed by atoms with Crippen LogP contribution in [0.25, 0.3) is 0 Å². The SMILES string of the molecule is O=C1CCSCC(C(=O)NCCOc2ccccc2)N1. The topological polar surface area (TPSA) is 67.4 Å². The van der Waals surface area contributed by atoms with Crippen LogP contribution in [0.15, 0.2) is 30.3 Å². The Bertz CT molecular complexity index is 453. The lowest BCUT2D eigenvalue weighted by atomic mass is 10.3. The molecule has 0 aromatic heterocycles. The van der Waals surface area contributed by atoms with Crippen LogP contribution in [-0.4, -0.2) is 42.5 Å². The van der Waals surface area contributed by atoms with Crippen LogP contribution in [-0.2, 0) is 9.59 Å². The maximum absolute atomic E-state index is 11.9. The Morgan fingerprint density at radius 1 is 1.40 bits per heavy atom. The van der Waals surface area contributed by atoms with Crippen LogP contribution >= 0.6 is 11.8 Å². The number of benzene rings is 1. The molecule has 2 N–H and O–H groups in total. The quantitative estimate of drug-likeness (QED) is 0.789. The normalized spacial score (nSPS) is 18.8. The van der Waals surface area contributed by atoms with Crippen molar-refractivity contribution in [3.05, 3.63) is 30.3 Å². The van der Waals surface area contributed by atoms with Crippen LogP contribution in [0.5, 0.6) is 5.75 Å². The van der Waals surface area contributed by atoms with Crippen molar-refractivity contribution in [2.75, 3.05) is 24.7 Å². The number of carbonyl (C=O) groups is 2. The Labute approximate surface area is 122 Å². The van der Waals surface area contributed by atoms with Crippen molar-refractivity contribution >= 4 is 23.6 Å². The highest BCUT2D eigenvalue weighted by Crippen LogP contribution is 2.10. The Kier molecular flexibility index (Phi) is 5.73. The monoisotopic (exact) mass is 294 g/mol. The van der Waals surface area contributed by atoms with Crippen LogP contribution < -0.4 is 15.4 Å². The molecule has 5 nitrogen and oxygen atoms in total. The fraction of sp³-hybridized carbons (Fsp3) is 0.429. The fourth-order valence-corrected chi connectivity index (χ4v) is 2.77. The summed E-state index contributed by atoms with van der Waals surface area (Å²) >= 11 is 1.62. The van der Waals surface area contributed by atoms with E-state index in [-0.39, 0.29) is 11.8 Å². The van der Waals surface area contributed by atoms with E-state index in [0.717, 1.165) is 11.5 Å². The van der Waals surface area contributed by atoms with Crippen molar-refractivity contribution in [2.24, 2.45) is 0 Å². The molecule has 1 aromatic rings. The maximum Gasteiger partial charge on any atom is 0.243 e. The zero-order chi connectivity index (χ0) is 14.2. The van der Waals surface area contributed by atoms with Crippen molar-refractivity contribution in [1.82, 2.24) is 10.6 Å². The summed E-state index contributed by atoms with van der Waals surface area (Å²) in [5, 5.41) is 5.50. The number of thioether (sulfide) groups is 1. The minimum atomic E-state index is -0.438. The van der Waals surface area contributed by atoms with E-state index in [4.69, 9.17) is 4.74 Å². The molecule has 2 amide bonds. The van der Waals surface area contributed by atoms with Gasteiger partial charge in [0.25, 0.3) is 0 Å². The number of ether oxygens (including phenoxy) is 1. The van der Waals surface area contributed by atoms with E-state index in [9.17, 15) is 9.59 Å². The van der Waals surface area contributed by atoms with Crippen molar-refractivity contribution in [3.63, 3.8) is 0 Å². The van der Waals surface area contributed by atoms with Crippen LogP contribution in [0.3, 0.4) is 0 Å². The zero-order valence-electron chi connectivity index (χ0n) is 11.1. The highest BCUT2D eigenvalue weighted by atomic mass is 32.2. The number of nitrogens with one attached hydrogen (secondary N) is 2. The van der Waals surface area contributed by atoms with E-state index in [2.05, 4.69) is 10.6 Å². The predicted molar refractivity (Wildman–Crippen MR) is 78.8 cm³/mol. The number of hydrogen-bond acceptors (Lipinski definition) is 4. The first kappa shape index (κ1) is 14.7. The third-order valence-electron chi connectivity index (χ3n) is 2.82. The first-order chi connectivity index (χ1) is 9.75. The third kappa shape index (κ3) is 4.77. The lowest BCUT2D eigenvalue weighted by Crippen LogP contribution is -2.48. The molecule has 0 spiro atoms. The molecule has 1 unspecified atom stereocenters. The molecule has 1 atom stereocenters. The van der Waals surface area contributed by atoms with Gasteiger partial charge in [-0.1, -0.05) is 18.2 Å². The van der Waals surface area contributed by atoms with Gasteiger partial charge in [0.15, 0.2) is 0 Å². The first-order valence-electron chi connectivity index (χ1n) is 6.58. The summed E-state index contributed by atoms with van der Waals surface area (Å²) in [6, 6.07) is 9.00. The molecule has 0 saturated carbocycles. The summed E-state index contributed by atoms with van der Waals surface area (Å²) in [6.07, 6.45) is 0.478.